The molecule has 1 aliphatic rings. The number of rotatable bonds is 2. The van der Waals surface area contributed by atoms with Gasteiger partial charge >= 0.3 is 0 Å². The zero-order valence-corrected chi connectivity index (χ0v) is 11.4. The summed E-state index contributed by atoms with van der Waals surface area (Å²) in [6, 6.07) is 5.27. The Bertz CT molecular complexity index is 622. The van der Waals surface area contributed by atoms with Crippen molar-refractivity contribution in [2.24, 2.45) is 0 Å². The highest BCUT2D eigenvalue weighted by molar-refractivity contribution is 5.97. The molecule has 0 radical (unpaired) electrons. The van der Waals surface area contributed by atoms with Crippen molar-refractivity contribution in [1.29, 1.82) is 0 Å². The van der Waals surface area contributed by atoms with Crippen molar-refractivity contribution < 1.29 is 9.90 Å². The van der Waals surface area contributed by atoms with Gasteiger partial charge in [-0.3, -0.25) is 4.79 Å². The molecule has 0 aliphatic carbocycles. The van der Waals surface area contributed by atoms with Crippen LogP contribution in [0, 0.1) is 0 Å². The van der Waals surface area contributed by atoms with Crippen molar-refractivity contribution in [3.05, 3.63) is 42.5 Å². The van der Waals surface area contributed by atoms with Gasteiger partial charge in [-0.1, -0.05) is 0 Å². The molecular weight excluding hydrogens is 254 g/mol. The second-order valence-corrected chi connectivity index (χ2v) is 5.16. The SMILES string of the molecule is CC1CCCN1C(=O)c1cc(-n2ccnc2)ccc1O. The summed E-state index contributed by atoms with van der Waals surface area (Å²) in [4.78, 5) is 18.4. The molecule has 0 saturated carbocycles. The van der Waals surface area contributed by atoms with Gasteiger partial charge in [0, 0.05) is 30.7 Å². The number of aromatic nitrogens is 2. The van der Waals surface area contributed by atoms with Crippen molar-refractivity contribution in [2.75, 3.05) is 6.54 Å². The van der Waals surface area contributed by atoms with Crippen LogP contribution in [-0.2, 0) is 0 Å². The minimum absolute atomic E-state index is 0.0259. The molecule has 2 aromatic rings. The van der Waals surface area contributed by atoms with Crippen molar-refractivity contribution in [2.45, 2.75) is 25.8 Å². The number of phenols is 1. The molecule has 0 spiro atoms. The molecule has 1 atom stereocenters. The van der Waals surface area contributed by atoms with Crippen molar-refractivity contribution in [3.8, 4) is 11.4 Å². The molecule has 3 rings (SSSR count). The fourth-order valence-corrected chi connectivity index (χ4v) is 2.66. The summed E-state index contributed by atoms with van der Waals surface area (Å²) in [5.74, 6) is -0.0765. The van der Waals surface area contributed by atoms with E-state index in [0.717, 1.165) is 25.1 Å². The summed E-state index contributed by atoms with van der Waals surface area (Å²) in [5.41, 5.74) is 1.17. The molecule has 1 unspecified atom stereocenters. The van der Waals surface area contributed by atoms with E-state index in [0.29, 0.717) is 5.56 Å². The Kier molecular flexibility index (Phi) is 3.18. The first-order valence-corrected chi connectivity index (χ1v) is 6.79. The van der Waals surface area contributed by atoms with Gasteiger partial charge in [-0.15, -0.1) is 0 Å². The van der Waals surface area contributed by atoms with E-state index in [4.69, 9.17) is 0 Å². The Morgan fingerprint density at radius 2 is 2.30 bits per heavy atom. The van der Waals surface area contributed by atoms with Crippen LogP contribution < -0.4 is 0 Å². The first kappa shape index (κ1) is 12.7. The number of carbonyl (C=O) groups is 1. The molecule has 5 heteroatoms. The number of benzene rings is 1. The highest BCUT2D eigenvalue weighted by atomic mass is 16.3. The fraction of sp³-hybridized carbons (Fsp3) is 0.333. The lowest BCUT2D eigenvalue weighted by Crippen LogP contribution is -2.33. The predicted octanol–water partition coefficient (Wildman–Crippen LogP) is 2.20. The van der Waals surface area contributed by atoms with Crippen molar-refractivity contribution in [1.82, 2.24) is 14.5 Å². The molecule has 1 fully saturated rings. The number of nitrogens with zero attached hydrogens (tertiary/aromatic N) is 3. The third kappa shape index (κ3) is 2.15. The number of hydrogen-bond donors (Lipinski definition) is 1. The molecule has 20 heavy (non-hydrogen) atoms. The number of amides is 1. The summed E-state index contributed by atoms with van der Waals surface area (Å²) in [7, 11) is 0. The Balaban J connectivity index is 1.96. The average Bonchev–Trinajstić information content (AvgIpc) is 3.09. The molecule has 104 valence electrons. The molecule has 1 amide bonds. The second kappa shape index (κ2) is 5.00. The van der Waals surface area contributed by atoms with Gasteiger partial charge in [-0.2, -0.15) is 0 Å². The smallest absolute Gasteiger partial charge is 0.257 e. The molecule has 1 aromatic heterocycles. The van der Waals surface area contributed by atoms with E-state index in [2.05, 4.69) is 4.98 Å². The molecule has 2 heterocycles. The third-order valence-corrected chi connectivity index (χ3v) is 3.83. The van der Waals surface area contributed by atoms with E-state index in [1.165, 1.54) is 0 Å². The lowest BCUT2D eigenvalue weighted by Gasteiger charge is -2.22. The minimum Gasteiger partial charge on any atom is -0.507 e. The lowest BCUT2D eigenvalue weighted by atomic mass is 10.1. The number of carbonyl (C=O) groups excluding carboxylic acids is 1. The molecule has 1 N–H and O–H groups in total. The quantitative estimate of drug-likeness (QED) is 0.911. The monoisotopic (exact) mass is 271 g/mol. The maximum atomic E-state index is 12.5. The molecule has 0 bridgehead atoms. The predicted molar refractivity (Wildman–Crippen MR) is 75.0 cm³/mol. The van der Waals surface area contributed by atoms with Gasteiger partial charge in [0.05, 0.1) is 11.9 Å². The molecule has 1 aliphatic heterocycles. The van der Waals surface area contributed by atoms with Crippen LogP contribution in [0.15, 0.2) is 36.9 Å². The molecule has 5 nitrogen and oxygen atoms in total. The largest absolute Gasteiger partial charge is 0.507 e. The molecule has 1 aromatic carbocycles. The second-order valence-electron chi connectivity index (χ2n) is 5.16. The van der Waals surface area contributed by atoms with Gasteiger partial charge in [0.25, 0.3) is 5.91 Å². The van der Waals surface area contributed by atoms with Crippen molar-refractivity contribution >= 4 is 5.91 Å². The zero-order valence-electron chi connectivity index (χ0n) is 11.4. The Labute approximate surface area is 117 Å². The van der Waals surface area contributed by atoms with E-state index in [9.17, 15) is 9.90 Å². The van der Waals surface area contributed by atoms with Crippen LogP contribution in [0.25, 0.3) is 5.69 Å². The average molecular weight is 271 g/mol. The summed E-state index contributed by atoms with van der Waals surface area (Å²) in [6.07, 6.45) is 7.19. The lowest BCUT2D eigenvalue weighted by molar-refractivity contribution is 0.0744. The van der Waals surface area contributed by atoms with Crippen LogP contribution in [0.3, 0.4) is 0 Å². The Morgan fingerprint density at radius 1 is 1.45 bits per heavy atom. The van der Waals surface area contributed by atoms with Crippen LogP contribution in [-0.4, -0.2) is 38.1 Å². The number of hydrogen-bond acceptors (Lipinski definition) is 3. The summed E-state index contributed by atoms with van der Waals surface area (Å²) in [6.45, 7) is 2.80. The Morgan fingerprint density at radius 3 is 2.95 bits per heavy atom. The summed E-state index contributed by atoms with van der Waals surface area (Å²) >= 11 is 0. The fourth-order valence-electron chi connectivity index (χ4n) is 2.66. The number of aromatic hydroxyl groups is 1. The van der Waals surface area contributed by atoms with E-state index >= 15 is 0 Å². The highest BCUT2D eigenvalue weighted by Crippen LogP contribution is 2.26. The molecular formula is C15H17N3O2. The van der Waals surface area contributed by atoms with E-state index < -0.39 is 0 Å². The highest BCUT2D eigenvalue weighted by Gasteiger charge is 2.27. The normalized spacial score (nSPS) is 18.4. The van der Waals surface area contributed by atoms with Gasteiger partial charge in [0.2, 0.25) is 0 Å². The summed E-state index contributed by atoms with van der Waals surface area (Å²) in [5, 5.41) is 9.98. The number of phenolic OH excluding ortho intramolecular Hbond substituents is 1. The van der Waals surface area contributed by atoms with Gasteiger partial charge < -0.3 is 14.6 Å². The van der Waals surface area contributed by atoms with Crippen LogP contribution in [0.2, 0.25) is 0 Å². The maximum Gasteiger partial charge on any atom is 0.257 e. The first-order chi connectivity index (χ1) is 9.66. The van der Waals surface area contributed by atoms with Crippen LogP contribution in [0.5, 0.6) is 5.75 Å². The van der Waals surface area contributed by atoms with Crippen molar-refractivity contribution in [3.63, 3.8) is 0 Å². The molecule has 1 saturated heterocycles. The third-order valence-electron chi connectivity index (χ3n) is 3.83. The zero-order chi connectivity index (χ0) is 14.1. The number of imidazole rings is 1. The van der Waals surface area contributed by atoms with Crippen LogP contribution >= 0.6 is 0 Å². The van der Waals surface area contributed by atoms with Crippen LogP contribution in [0.4, 0.5) is 0 Å². The van der Waals surface area contributed by atoms with Gasteiger partial charge in [0.15, 0.2) is 0 Å². The van der Waals surface area contributed by atoms with Crippen LogP contribution in [0.1, 0.15) is 30.1 Å². The standard InChI is InChI=1S/C15H17N3O2/c1-11-3-2-7-18(11)15(20)13-9-12(4-5-14(13)19)17-8-6-16-10-17/h4-6,8-11,19H,2-3,7H2,1H3. The van der Waals surface area contributed by atoms with Gasteiger partial charge in [-0.05, 0) is 38.0 Å². The van der Waals surface area contributed by atoms with Gasteiger partial charge in [-0.25, -0.2) is 4.98 Å². The maximum absolute atomic E-state index is 12.5. The topological polar surface area (TPSA) is 58.4 Å². The van der Waals surface area contributed by atoms with E-state index in [1.54, 1.807) is 36.9 Å². The Hall–Kier alpha value is -2.30. The number of likely N-dealkylation sites (tertiary alicyclic amines) is 1. The minimum atomic E-state index is -0.102. The van der Waals surface area contributed by atoms with E-state index in [-0.39, 0.29) is 17.7 Å². The van der Waals surface area contributed by atoms with E-state index in [1.807, 2.05) is 16.4 Å². The first-order valence-electron chi connectivity index (χ1n) is 6.79. The summed E-state index contributed by atoms with van der Waals surface area (Å²) < 4.78 is 1.81. The van der Waals surface area contributed by atoms with Gasteiger partial charge in [0.1, 0.15) is 5.75 Å².